The number of aliphatic imine (C=N–C) groups is 1. The van der Waals surface area contributed by atoms with Gasteiger partial charge >= 0.3 is 5.92 Å². The van der Waals surface area contributed by atoms with E-state index in [1.165, 1.54) is 12.1 Å². The van der Waals surface area contributed by atoms with E-state index in [0.29, 0.717) is 17.8 Å². The van der Waals surface area contributed by atoms with Gasteiger partial charge in [0, 0.05) is 17.0 Å². The Morgan fingerprint density at radius 2 is 1.68 bits per heavy atom. The monoisotopic (exact) mass is 386 g/mol. The summed E-state index contributed by atoms with van der Waals surface area (Å²) in [4.78, 5) is 12.1. The van der Waals surface area contributed by atoms with Crippen LogP contribution in [0.15, 0.2) is 59.1 Å². The first kappa shape index (κ1) is 18.1. The van der Waals surface area contributed by atoms with Crippen LogP contribution in [-0.2, 0) is 5.92 Å². The van der Waals surface area contributed by atoms with E-state index in [1.54, 1.807) is 6.08 Å². The van der Waals surface area contributed by atoms with Crippen LogP contribution in [0, 0.1) is 11.6 Å². The van der Waals surface area contributed by atoms with Crippen LogP contribution >= 0.6 is 0 Å². The third-order valence-corrected chi connectivity index (χ3v) is 4.27. The number of hydrogen-bond donors (Lipinski definition) is 1. The first-order valence-electron chi connectivity index (χ1n) is 8.43. The van der Waals surface area contributed by atoms with Crippen LogP contribution < -0.4 is 5.32 Å². The normalized spacial score (nSPS) is 14.2. The van der Waals surface area contributed by atoms with Crippen molar-refractivity contribution in [3.05, 3.63) is 77.1 Å². The summed E-state index contributed by atoms with van der Waals surface area (Å²) in [5, 5.41) is 3.29. The number of rotatable bonds is 3. The highest BCUT2D eigenvalue weighted by Crippen LogP contribution is 2.35. The van der Waals surface area contributed by atoms with E-state index < -0.39 is 28.9 Å². The summed E-state index contributed by atoms with van der Waals surface area (Å²) in [6.45, 7) is 2.39. The number of aromatic nitrogens is 2. The van der Waals surface area contributed by atoms with Crippen molar-refractivity contribution in [3.63, 3.8) is 0 Å². The Morgan fingerprint density at radius 3 is 2.36 bits per heavy atom. The highest BCUT2D eigenvalue weighted by Gasteiger charge is 2.38. The van der Waals surface area contributed by atoms with Crippen LogP contribution in [0.4, 0.5) is 23.4 Å². The van der Waals surface area contributed by atoms with Gasteiger partial charge in [-0.25, -0.2) is 18.7 Å². The van der Waals surface area contributed by atoms with E-state index in [4.69, 9.17) is 0 Å². The Labute approximate surface area is 157 Å². The molecule has 8 heteroatoms. The number of halogens is 4. The molecule has 0 saturated heterocycles. The zero-order valence-electron chi connectivity index (χ0n) is 14.7. The lowest BCUT2D eigenvalue weighted by Crippen LogP contribution is -2.21. The molecule has 0 amide bonds. The third kappa shape index (κ3) is 3.33. The molecule has 1 aliphatic heterocycles. The van der Waals surface area contributed by atoms with Crippen LogP contribution in [0.5, 0.6) is 0 Å². The highest BCUT2D eigenvalue weighted by molar-refractivity contribution is 6.08. The summed E-state index contributed by atoms with van der Waals surface area (Å²) >= 11 is 0. The fourth-order valence-corrected chi connectivity index (χ4v) is 2.86. The van der Waals surface area contributed by atoms with Gasteiger partial charge in [0.15, 0.2) is 0 Å². The van der Waals surface area contributed by atoms with Crippen molar-refractivity contribution in [2.75, 3.05) is 11.9 Å². The average molecular weight is 386 g/mol. The van der Waals surface area contributed by atoms with E-state index in [9.17, 15) is 17.6 Å². The van der Waals surface area contributed by atoms with Crippen LogP contribution in [0.25, 0.3) is 10.9 Å². The molecular weight excluding hydrogens is 372 g/mol. The van der Waals surface area contributed by atoms with Gasteiger partial charge < -0.3 is 5.32 Å². The van der Waals surface area contributed by atoms with E-state index in [2.05, 4.69) is 20.3 Å². The number of hydrogen-bond acceptors (Lipinski definition) is 4. The number of nitrogens with zero attached hydrogens (tertiary/aromatic N) is 3. The molecule has 28 heavy (non-hydrogen) atoms. The van der Waals surface area contributed by atoms with Gasteiger partial charge in [0.25, 0.3) is 0 Å². The van der Waals surface area contributed by atoms with E-state index in [1.807, 2.05) is 6.92 Å². The molecule has 4 rings (SSSR count). The van der Waals surface area contributed by atoms with Crippen LogP contribution in [-0.4, -0.2) is 22.3 Å². The zero-order chi connectivity index (χ0) is 19.9. The van der Waals surface area contributed by atoms with Gasteiger partial charge in [-0.2, -0.15) is 8.78 Å². The largest absolute Gasteiger partial charge is 0.331 e. The predicted octanol–water partition coefficient (Wildman–Crippen LogP) is 4.82. The maximum absolute atomic E-state index is 15.0. The van der Waals surface area contributed by atoms with Gasteiger partial charge in [0.1, 0.15) is 23.3 Å². The number of anilines is 1. The van der Waals surface area contributed by atoms with Crippen molar-refractivity contribution in [2.24, 2.45) is 4.99 Å². The number of fused-ring (bicyclic) bond motifs is 1. The van der Waals surface area contributed by atoms with Crippen molar-refractivity contribution in [3.8, 4) is 0 Å². The molecule has 0 atom stereocenters. The second kappa shape index (κ2) is 6.70. The maximum Gasteiger partial charge on any atom is 0.331 e. The number of alkyl halides is 2. The lowest BCUT2D eigenvalue weighted by Gasteiger charge is -2.17. The summed E-state index contributed by atoms with van der Waals surface area (Å²) in [5.74, 6) is -5.11. The predicted molar refractivity (Wildman–Crippen MR) is 98.6 cm³/mol. The van der Waals surface area contributed by atoms with Crippen LogP contribution in [0.3, 0.4) is 0 Å². The Hall–Kier alpha value is -3.29. The minimum absolute atomic E-state index is 0.0218. The fraction of sp³-hybridized carbons (Fsp3) is 0.150. The Morgan fingerprint density at radius 1 is 0.964 bits per heavy atom. The maximum atomic E-state index is 15.0. The molecule has 0 bridgehead atoms. The van der Waals surface area contributed by atoms with Crippen LogP contribution in [0.1, 0.15) is 18.3 Å². The molecule has 0 unspecified atom stereocenters. The molecule has 0 saturated carbocycles. The van der Waals surface area contributed by atoms with Crippen molar-refractivity contribution in [1.29, 1.82) is 0 Å². The molecule has 1 aromatic heterocycles. The molecule has 0 spiro atoms. The molecule has 0 radical (unpaired) electrons. The van der Waals surface area contributed by atoms with Crippen molar-refractivity contribution < 1.29 is 17.6 Å². The number of benzene rings is 2. The number of amidine groups is 1. The van der Waals surface area contributed by atoms with E-state index in [-0.39, 0.29) is 11.3 Å². The summed E-state index contributed by atoms with van der Waals surface area (Å²) in [7, 11) is 0. The molecule has 0 fully saturated rings. The standard InChI is InChI=1S/C20H14F4N4/c1-11-8-17(25-10-11)27-18-15-7-6-14(22)9-16(15)26-19(28-18)20(23,24)12-2-4-13(21)5-3-12/h2-9H,10H2,1H3,(H,25,26,27,28). The Bertz CT molecular complexity index is 1120. The molecule has 2 heterocycles. The molecule has 2 aromatic carbocycles. The Balaban J connectivity index is 1.85. The quantitative estimate of drug-likeness (QED) is 0.657. The van der Waals surface area contributed by atoms with Crippen LogP contribution in [0.2, 0.25) is 0 Å². The van der Waals surface area contributed by atoms with Gasteiger partial charge in [-0.15, -0.1) is 0 Å². The van der Waals surface area contributed by atoms with E-state index in [0.717, 1.165) is 35.9 Å². The average Bonchev–Trinajstić information content (AvgIpc) is 3.06. The first-order chi connectivity index (χ1) is 13.3. The SMILES string of the molecule is CC1=CC(Nc2nc(C(F)(F)c3ccc(F)cc3)nc3cc(F)ccc23)=NC1. The molecule has 0 aliphatic carbocycles. The Kier molecular flexibility index (Phi) is 4.33. The highest BCUT2D eigenvalue weighted by atomic mass is 19.3. The smallest absolute Gasteiger partial charge is 0.325 e. The first-order valence-corrected chi connectivity index (χ1v) is 8.43. The van der Waals surface area contributed by atoms with Gasteiger partial charge in [-0.1, -0.05) is 0 Å². The minimum atomic E-state index is -3.60. The second-order valence-electron chi connectivity index (χ2n) is 6.46. The van der Waals surface area contributed by atoms with Gasteiger partial charge in [0.05, 0.1) is 12.1 Å². The molecule has 4 nitrogen and oxygen atoms in total. The molecular formula is C20H14F4N4. The van der Waals surface area contributed by atoms with Crippen molar-refractivity contribution in [2.45, 2.75) is 12.8 Å². The van der Waals surface area contributed by atoms with Crippen molar-refractivity contribution >= 4 is 22.6 Å². The van der Waals surface area contributed by atoms with Gasteiger partial charge in [-0.05, 0) is 55.0 Å². The van der Waals surface area contributed by atoms with Crippen molar-refractivity contribution in [1.82, 2.24) is 9.97 Å². The summed E-state index contributed by atoms with van der Waals surface area (Å²) in [5.41, 5.74) is 0.557. The molecule has 3 aromatic rings. The lowest BCUT2D eigenvalue weighted by molar-refractivity contribution is 0.0333. The van der Waals surface area contributed by atoms with E-state index >= 15 is 0 Å². The third-order valence-electron chi connectivity index (χ3n) is 4.27. The molecule has 142 valence electrons. The second-order valence-corrected chi connectivity index (χ2v) is 6.46. The number of nitrogens with one attached hydrogen (secondary N) is 1. The topological polar surface area (TPSA) is 50.2 Å². The molecule has 1 aliphatic rings. The van der Waals surface area contributed by atoms with Gasteiger partial charge in [0.2, 0.25) is 5.82 Å². The van der Waals surface area contributed by atoms with Gasteiger partial charge in [-0.3, -0.25) is 4.99 Å². The summed E-state index contributed by atoms with van der Waals surface area (Å²) in [6, 6.07) is 7.48. The molecule has 1 N–H and O–H groups in total. The minimum Gasteiger partial charge on any atom is -0.325 e. The zero-order valence-corrected chi connectivity index (χ0v) is 14.7. The fourth-order valence-electron chi connectivity index (χ4n) is 2.86. The summed E-state index contributed by atoms with van der Waals surface area (Å²) in [6.07, 6.45) is 1.77. The lowest BCUT2D eigenvalue weighted by atomic mass is 10.1. The summed E-state index contributed by atoms with van der Waals surface area (Å²) < 4.78 is 56.8.